The molecule has 1 fully saturated rings. The van der Waals surface area contributed by atoms with Gasteiger partial charge in [-0.1, -0.05) is 12.1 Å². The average molecular weight is 265 g/mol. The van der Waals surface area contributed by atoms with Crippen LogP contribution in [0, 0.1) is 11.7 Å². The van der Waals surface area contributed by atoms with E-state index in [0.717, 1.165) is 25.9 Å². The second-order valence-electron chi connectivity index (χ2n) is 5.05. The molecule has 19 heavy (non-hydrogen) atoms. The number of halogens is 1. The van der Waals surface area contributed by atoms with Crippen molar-refractivity contribution in [3.63, 3.8) is 0 Å². The zero-order valence-corrected chi connectivity index (χ0v) is 11.2. The Balaban J connectivity index is 1.87. The van der Waals surface area contributed by atoms with Crippen molar-refractivity contribution in [2.45, 2.75) is 25.7 Å². The fourth-order valence-electron chi connectivity index (χ4n) is 2.48. The monoisotopic (exact) mass is 265 g/mol. The molecule has 0 radical (unpaired) electrons. The normalized spacial score (nSPS) is 18.5. The summed E-state index contributed by atoms with van der Waals surface area (Å²) in [7, 11) is 1.43. The highest BCUT2D eigenvalue weighted by molar-refractivity contribution is 5.81. The van der Waals surface area contributed by atoms with Gasteiger partial charge in [-0.05, 0) is 43.5 Å². The van der Waals surface area contributed by atoms with Gasteiger partial charge in [-0.3, -0.25) is 4.79 Å². The van der Waals surface area contributed by atoms with Crippen molar-refractivity contribution in [1.29, 1.82) is 0 Å². The second-order valence-corrected chi connectivity index (χ2v) is 5.05. The number of methoxy groups -OCH3 is 1. The van der Waals surface area contributed by atoms with Crippen LogP contribution in [0.15, 0.2) is 18.2 Å². The van der Waals surface area contributed by atoms with Crippen molar-refractivity contribution in [3.8, 4) is 5.75 Å². The molecule has 1 heterocycles. The molecule has 0 aliphatic carbocycles. The lowest BCUT2D eigenvalue weighted by Crippen LogP contribution is -2.11. The Morgan fingerprint density at radius 2 is 2.37 bits per heavy atom. The number of benzene rings is 1. The number of ketones is 1. The Hall–Kier alpha value is -1.42. The first-order chi connectivity index (χ1) is 9.20. The molecule has 1 aromatic carbocycles. The topological polar surface area (TPSA) is 38.3 Å². The van der Waals surface area contributed by atoms with Crippen molar-refractivity contribution in [2.24, 2.45) is 5.92 Å². The van der Waals surface area contributed by atoms with E-state index in [1.165, 1.54) is 7.11 Å². The number of hydrogen-bond acceptors (Lipinski definition) is 3. The van der Waals surface area contributed by atoms with Gasteiger partial charge in [-0.15, -0.1) is 0 Å². The Labute approximate surface area is 113 Å². The maximum Gasteiger partial charge on any atom is 0.168 e. The average Bonchev–Trinajstić information content (AvgIpc) is 2.92. The third-order valence-electron chi connectivity index (χ3n) is 3.64. The van der Waals surface area contributed by atoms with Gasteiger partial charge in [0.2, 0.25) is 0 Å². The minimum atomic E-state index is -0.416. The molecule has 3 nitrogen and oxygen atoms in total. The van der Waals surface area contributed by atoms with Gasteiger partial charge in [0.05, 0.1) is 7.11 Å². The summed E-state index contributed by atoms with van der Waals surface area (Å²) in [6.07, 6.45) is 2.73. The molecule has 2 rings (SSSR count). The van der Waals surface area contributed by atoms with Crippen molar-refractivity contribution in [2.75, 3.05) is 20.2 Å². The summed E-state index contributed by atoms with van der Waals surface area (Å²) in [4.78, 5) is 11.9. The Morgan fingerprint density at radius 3 is 3.05 bits per heavy atom. The Morgan fingerprint density at radius 1 is 1.53 bits per heavy atom. The molecular formula is C15H20FNO2. The third-order valence-corrected chi connectivity index (χ3v) is 3.64. The van der Waals surface area contributed by atoms with Gasteiger partial charge >= 0.3 is 0 Å². The van der Waals surface area contributed by atoms with E-state index < -0.39 is 5.82 Å². The van der Waals surface area contributed by atoms with Gasteiger partial charge in [0.15, 0.2) is 11.6 Å². The largest absolute Gasteiger partial charge is 0.494 e. The van der Waals surface area contributed by atoms with Crippen LogP contribution in [-0.2, 0) is 11.2 Å². The van der Waals surface area contributed by atoms with E-state index in [1.54, 1.807) is 18.2 Å². The van der Waals surface area contributed by atoms with Crippen LogP contribution in [0.3, 0.4) is 0 Å². The fraction of sp³-hybridized carbons (Fsp3) is 0.533. The first kappa shape index (κ1) is 14.0. The van der Waals surface area contributed by atoms with Gasteiger partial charge in [-0.25, -0.2) is 4.39 Å². The highest BCUT2D eigenvalue weighted by atomic mass is 19.1. The van der Waals surface area contributed by atoms with Crippen LogP contribution < -0.4 is 10.1 Å². The van der Waals surface area contributed by atoms with Crippen LogP contribution in [0.2, 0.25) is 0 Å². The molecular weight excluding hydrogens is 245 g/mol. The van der Waals surface area contributed by atoms with Gasteiger partial charge < -0.3 is 10.1 Å². The number of carbonyl (C=O) groups excluding carboxylic acids is 1. The lowest BCUT2D eigenvalue weighted by atomic mass is 9.98. The van der Waals surface area contributed by atoms with E-state index >= 15 is 0 Å². The SMILES string of the molecule is COc1cccc(CC(=O)CCC2CCNC2)c1F. The van der Waals surface area contributed by atoms with Gasteiger partial charge in [-0.2, -0.15) is 0 Å². The van der Waals surface area contributed by atoms with E-state index in [9.17, 15) is 9.18 Å². The molecule has 1 unspecified atom stereocenters. The lowest BCUT2D eigenvalue weighted by Gasteiger charge is -2.09. The predicted molar refractivity (Wildman–Crippen MR) is 71.9 cm³/mol. The summed E-state index contributed by atoms with van der Waals surface area (Å²) >= 11 is 0. The van der Waals surface area contributed by atoms with E-state index in [0.29, 0.717) is 17.9 Å². The highest BCUT2D eigenvalue weighted by Crippen LogP contribution is 2.21. The van der Waals surface area contributed by atoms with Crippen LogP contribution in [0.25, 0.3) is 0 Å². The number of nitrogens with one attached hydrogen (secondary N) is 1. The standard InChI is InChI=1S/C15H20FNO2/c1-19-14-4-2-3-12(15(14)16)9-13(18)6-5-11-7-8-17-10-11/h2-4,11,17H,5-10H2,1H3. The van der Waals surface area contributed by atoms with Gasteiger partial charge in [0.25, 0.3) is 0 Å². The van der Waals surface area contributed by atoms with Gasteiger partial charge in [0, 0.05) is 12.8 Å². The molecule has 1 aromatic rings. The zero-order valence-electron chi connectivity index (χ0n) is 11.2. The highest BCUT2D eigenvalue weighted by Gasteiger charge is 2.17. The van der Waals surface area contributed by atoms with E-state index in [2.05, 4.69) is 5.32 Å². The van der Waals surface area contributed by atoms with Crippen LogP contribution >= 0.6 is 0 Å². The fourth-order valence-corrected chi connectivity index (χ4v) is 2.48. The molecule has 104 valence electrons. The van der Waals surface area contributed by atoms with Crippen molar-refractivity contribution < 1.29 is 13.9 Å². The summed E-state index contributed by atoms with van der Waals surface area (Å²) < 4.78 is 18.8. The minimum absolute atomic E-state index is 0.0963. The molecule has 1 N–H and O–H groups in total. The maximum atomic E-state index is 13.9. The van der Waals surface area contributed by atoms with Crippen LogP contribution in [0.4, 0.5) is 4.39 Å². The first-order valence-corrected chi connectivity index (χ1v) is 6.74. The van der Waals surface area contributed by atoms with Crippen molar-refractivity contribution in [1.82, 2.24) is 5.32 Å². The first-order valence-electron chi connectivity index (χ1n) is 6.74. The maximum absolute atomic E-state index is 13.9. The second kappa shape index (κ2) is 6.66. The lowest BCUT2D eigenvalue weighted by molar-refractivity contribution is -0.118. The number of rotatable bonds is 6. The molecule has 0 amide bonds. The number of Topliss-reactive ketones (excluding diaryl/α,β-unsaturated/α-hetero) is 1. The molecule has 4 heteroatoms. The van der Waals surface area contributed by atoms with Crippen LogP contribution in [-0.4, -0.2) is 26.0 Å². The predicted octanol–water partition coefficient (Wildman–Crippen LogP) is 2.34. The number of carbonyl (C=O) groups is 1. The molecule has 1 saturated heterocycles. The van der Waals surface area contributed by atoms with Gasteiger partial charge in [0.1, 0.15) is 5.78 Å². The third kappa shape index (κ3) is 3.77. The molecule has 0 aromatic heterocycles. The molecule has 0 spiro atoms. The van der Waals surface area contributed by atoms with Crippen molar-refractivity contribution >= 4 is 5.78 Å². The molecule has 0 bridgehead atoms. The quantitative estimate of drug-likeness (QED) is 0.858. The number of hydrogen-bond donors (Lipinski definition) is 1. The van der Waals surface area contributed by atoms with E-state index in [-0.39, 0.29) is 18.0 Å². The van der Waals surface area contributed by atoms with Crippen LogP contribution in [0.1, 0.15) is 24.8 Å². The Bertz CT molecular complexity index is 442. The molecule has 1 aliphatic heterocycles. The van der Waals surface area contributed by atoms with E-state index in [1.807, 2.05) is 0 Å². The summed E-state index contributed by atoms with van der Waals surface area (Å²) in [5.41, 5.74) is 0.425. The summed E-state index contributed by atoms with van der Waals surface area (Å²) in [5, 5.41) is 3.28. The van der Waals surface area contributed by atoms with Crippen molar-refractivity contribution in [3.05, 3.63) is 29.6 Å². The summed E-state index contributed by atoms with van der Waals surface area (Å²) in [5.74, 6) is 0.476. The Kier molecular flexibility index (Phi) is 4.91. The zero-order chi connectivity index (χ0) is 13.7. The molecule has 1 aliphatic rings. The summed E-state index contributed by atoms with van der Waals surface area (Å²) in [6.45, 7) is 2.05. The summed E-state index contributed by atoms with van der Waals surface area (Å²) in [6, 6.07) is 4.92. The van der Waals surface area contributed by atoms with E-state index in [4.69, 9.17) is 4.74 Å². The molecule has 0 saturated carbocycles. The number of ether oxygens (including phenoxy) is 1. The minimum Gasteiger partial charge on any atom is -0.494 e. The van der Waals surface area contributed by atoms with Crippen LogP contribution in [0.5, 0.6) is 5.75 Å². The molecule has 1 atom stereocenters. The smallest absolute Gasteiger partial charge is 0.168 e.